The Morgan fingerprint density at radius 1 is 0.844 bits per heavy atom. The van der Waals surface area contributed by atoms with E-state index in [2.05, 4.69) is 5.32 Å². The highest BCUT2D eigenvalue weighted by Gasteiger charge is 2.40. The predicted octanol–water partition coefficient (Wildman–Crippen LogP) is 5.06. The van der Waals surface area contributed by atoms with E-state index >= 15 is 0 Å². The van der Waals surface area contributed by atoms with Gasteiger partial charge in [0.05, 0.1) is 25.5 Å². The molecule has 0 radical (unpaired) electrons. The quantitative estimate of drug-likeness (QED) is 0.534. The normalized spacial score (nSPS) is 13.6. The van der Waals surface area contributed by atoms with Crippen molar-refractivity contribution in [3.8, 4) is 11.5 Å². The van der Waals surface area contributed by atoms with Crippen LogP contribution in [0.3, 0.4) is 0 Å². The first-order valence-electron chi connectivity index (χ1n) is 9.87. The van der Waals surface area contributed by atoms with Gasteiger partial charge in [0.15, 0.2) is 0 Å². The lowest BCUT2D eigenvalue weighted by molar-refractivity contribution is -0.120. The van der Waals surface area contributed by atoms with Crippen molar-refractivity contribution < 1.29 is 19.1 Å². The van der Waals surface area contributed by atoms with E-state index in [0.717, 1.165) is 10.5 Å². The van der Waals surface area contributed by atoms with Crippen LogP contribution in [0.4, 0.5) is 11.4 Å². The van der Waals surface area contributed by atoms with Crippen molar-refractivity contribution in [1.29, 1.82) is 0 Å². The number of imide groups is 1. The molecule has 6 nitrogen and oxygen atoms in total. The molecular weight excluding hydrogens is 428 g/mol. The molecule has 0 atom stereocenters. The number of ether oxygens (including phenoxy) is 2. The minimum absolute atomic E-state index is 0.160. The van der Waals surface area contributed by atoms with Crippen molar-refractivity contribution in [2.24, 2.45) is 0 Å². The zero-order valence-electron chi connectivity index (χ0n) is 17.8. The van der Waals surface area contributed by atoms with Crippen molar-refractivity contribution in [2.45, 2.75) is 6.92 Å². The molecule has 0 spiro atoms. The van der Waals surface area contributed by atoms with Gasteiger partial charge in [-0.2, -0.15) is 0 Å². The number of carbonyl (C=O) groups is 2. The van der Waals surface area contributed by atoms with Crippen LogP contribution in [0.5, 0.6) is 11.5 Å². The number of carbonyl (C=O) groups excluding carboxylic acids is 2. The molecule has 3 aromatic rings. The first-order valence-corrected chi connectivity index (χ1v) is 10.3. The molecule has 7 heteroatoms. The SMILES string of the molecule is COc1cc(NC2=C(c3ccccc3)C(=O)N(c3ccc(C)c(Cl)c3)C2=O)cc(OC)c1. The highest BCUT2D eigenvalue weighted by atomic mass is 35.5. The molecule has 4 rings (SSSR count). The van der Waals surface area contributed by atoms with Gasteiger partial charge in [-0.1, -0.05) is 48.0 Å². The second kappa shape index (κ2) is 8.77. The molecule has 0 fully saturated rings. The van der Waals surface area contributed by atoms with Crippen LogP contribution in [0.25, 0.3) is 5.57 Å². The van der Waals surface area contributed by atoms with Crippen molar-refractivity contribution in [3.05, 3.63) is 88.6 Å². The minimum Gasteiger partial charge on any atom is -0.497 e. The van der Waals surface area contributed by atoms with Gasteiger partial charge >= 0.3 is 0 Å². The number of benzene rings is 3. The number of methoxy groups -OCH3 is 2. The molecule has 0 aliphatic carbocycles. The van der Waals surface area contributed by atoms with Gasteiger partial charge in [-0.05, 0) is 30.2 Å². The van der Waals surface area contributed by atoms with Crippen LogP contribution in [0.15, 0.2) is 72.4 Å². The second-order valence-electron chi connectivity index (χ2n) is 7.22. The van der Waals surface area contributed by atoms with E-state index in [1.807, 2.05) is 25.1 Å². The molecule has 162 valence electrons. The molecule has 1 heterocycles. The van der Waals surface area contributed by atoms with Gasteiger partial charge in [-0.25, -0.2) is 4.90 Å². The number of nitrogens with one attached hydrogen (secondary N) is 1. The second-order valence-corrected chi connectivity index (χ2v) is 7.63. The molecule has 0 aromatic heterocycles. The zero-order chi connectivity index (χ0) is 22.8. The summed E-state index contributed by atoms with van der Waals surface area (Å²) in [4.78, 5) is 28.1. The summed E-state index contributed by atoms with van der Waals surface area (Å²) in [7, 11) is 3.08. The average Bonchev–Trinajstić information content (AvgIpc) is 3.05. The molecule has 3 aromatic carbocycles. The largest absolute Gasteiger partial charge is 0.497 e. The predicted molar refractivity (Wildman–Crippen MR) is 125 cm³/mol. The number of halogens is 1. The summed E-state index contributed by atoms with van der Waals surface area (Å²) >= 11 is 6.27. The monoisotopic (exact) mass is 448 g/mol. The molecule has 0 saturated carbocycles. The molecule has 0 bridgehead atoms. The first-order chi connectivity index (χ1) is 15.4. The molecule has 1 aliphatic rings. The lowest BCUT2D eigenvalue weighted by atomic mass is 10.0. The summed E-state index contributed by atoms with van der Waals surface area (Å²) in [6, 6.07) is 19.3. The Kier molecular flexibility index (Phi) is 5.88. The number of aryl methyl sites for hydroxylation is 1. The smallest absolute Gasteiger partial charge is 0.282 e. The highest BCUT2D eigenvalue weighted by Crippen LogP contribution is 2.36. The molecule has 2 amide bonds. The fourth-order valence-electron chi connectivity index (χ4n) is 3.50. The van der Waals surface area contributed by atoms with E-state index in [1.54, 1.807) is 62.8 Å². The summed E-state index contributed by atoms with van der Waals surface area (Å²) in [5.74, 6) is 0.189. The molecular formula is C25H21ClN2O4. The third-order valence-electron chi connectivity index (χ3n) is 5.18. The Hall–Kier alpha value is -3.77. The fourth-order valence-corrected chi connectivity index (χ4v) is 3.67. The maximum Gasteiger partial charge on any atom is 0.282 e. The summed E-state index contributed by atoms with van der Waals surface area (Å²) in [5, 5.41) is 3.59. The van der Waals surface area contributed by atoms with Crippen molar-refractivity contribution in [2.75, 3.05) is 24.4 Å². The Morgan fingerprint density at radius 2 is 1.50 bits per heavy atom. The number of anilines is 2. The maximum atomic E-state index is 13.5. The van der Waals surface area contributed by atoms with E-state index in [9.17, 15) is 9.59 Å². The van der Waals surface area contributed by atoms with Gasteiger partial charge < -0.3 is 14.8 Å². The molecule has 1 aliphatic heterocycles. The summed E-state index contributed by atoms with van der Waals surface area (Å²) < 4.78 is 10.6. The van der Waals surface area contributed by atoms with Gasteiger partial charge in [0.25, 0.3) is 11.8 Å². The number of hydrogen-bond acceptors (Lipinski definition) is 5. The van der Waals surface area contributed by atoms with Gasteiger partial charge in [0, 0.05) is 28.9 Å². The van der Waals surface area contributed by atoms with Gasteiger partial charge in [-0.15, -0.1) is 0 Å². The van der Waals surface area contributed by atoms with Gasteiger partial charge in [0.1, 0.15) is 17.2 Å². The van der Waals surface area contributed by atoms with Gasteiger partial charge in [0.2, 0.25) is 0 Å². The Bertz CT molecular complexity index is 1220. The van der Waals surface area contributed by atoms with E-state index in [4.69, 9.17) is 21.1 Å². The van der Waals surface area contributed by atoms with Crippen molar-refractivity contribution >= 4 is 40.4 Å². The van der Waals surface area contributed by atoms with Crippen LogP contribution in [0.1, 0.15) is 11.1 Å². The van der Waals surface area contributed by atoms with Crippen LogP contribution in [0, 0.1) is 6.92 Å². The van der Waals surface area contributed by atoms with Gasteiger partial charge in [-0.3, -0.25) is 9.59 Å². The first kappa shape index (κ1) is 21.5. The highest BCUT2D eigenvalue weighted by molar-refractivity contribution is 6.46. The Morgan fingerprint density at radius 3 is 2.09 bits per heavy atom. The Balaban J connectivity index is 1.82. The number of nitrogens with zero attached hydrogens (tertiary/aromatic N) is 1. The molecule has 1 N–H and O–H groups in total. The van der Waals surface area contributed by atoms with Crippen LogP contribution in [0.2, 0.25) is 5.02 Å². The Labute approximate surface area is 191 Å². The van der Waals surface area contributed by atoms with E-state index in [0.29, 0.717) is 33.5 Å². The lowest BCUT2D eigenvalue weighted by Gasteiger charge is -2.16. The van der Waals surface area contributed by atoms with E-state index < -0.39 is 11.8 Å². The average molecular weight is 449 g/mol. The van der Waals surface area contributed by atoms with Crippen LogP contribution < -0.4 is 19.7 Å². The number of amides is 2. The molecule has 0 saturated heterocycles. The topological polar surface area (TPSA) is 67.9 Å². The minimum atomic E-state index is -0.476. The number of hydrogen-bond donors (Lipinski definition) is 1. The van der Waals surface area contributed by atoms with Crippen LogP contribution in [-0.4, -0.2) is 26.0 Å². The van der Waals surface area contributed by atoms with Crippen LogP contribution in [-0.2, 0) is 9.59 Å². The third kappa shape index (κ3) is 3.92. The maximum absolute atomic E-state index is 13.5. The molecule has 0 unspecified atom stereocenters. The van der Waals surface area contributed by atoms with Crippen molar-refractivity contribution in [1.82, 2.24) is 0 Å². The third-order valence-corrected chi connectivity index (χ3v) is 5.59. The standard InChI is InChI=1S/C25H21ClN2O4/c1-15-9-10-18(13-21(15)26)28-24(29)22(16-7-5-4-6-8-16)23(25(28)30)27-17-11-19(31-2)14-20(12-17)32-3/h4-14,27H,1-3H3. The van der Waals surface area contributed by atoms with Crippen LogP contribution >= 0.6 is 11.6 Å². The summed E-state index contributed by atoms with van der Waals surface area (Å²) in [5.41, 5.74) is 2.87. The number of rotatable bonds is 6. The fraction of sp³-hybridized carbons (Fsp3) is 0.120. The van der Waals surface area contributed by atoms with Crippen molar-refractivity contribution in [3.63, 3.8) is 0 Å². The molecule has 32 heavy (non-hydrogen) atoms. The summed E-state index contributed by atoms with van der Waals surface area (Å²) in [6.07, 6.45) is 0. The zero-order valence-corrected chi connectivity index (χ0v) is 18.6. The summed E-state index contributed by atoms with van der Waals surface area (Å²) in [6.45, 7) is 1.86. The van der Waals surface area contributed by atoms with E-state index in [1.165, 1.54) is 0 Å². The lowest BCUT2D eigenvalue weighted by Crippen LogP contribution is -2.32. The van der Waals surface area contributed by atoms with E-state index in [-0.39, 0.29) is 11.3 Å².